The van der Waals surface area contributed by atoms with Crippen LogP contribution in [0.25, 0.3) is 10.4 Å². The second kappa shape index (κ2) is 8.64. The lowest BCUT2D eigenvalue weighted by Gasteiger charge is -2.09. The molecule has 1 N–H and O–H groups in total. The number of hydrogen-bond acceptors (Lipinski definition) is 10. The predicted molar refractivity (Wildman–Crippen MR) is 120 cm³/mol. The van der Waals surface area contributed by atoms with Gasteiger partial charge in [-0.15, -0.1) is 21.5 Å². The van der Waals surface area contributed by atoms with Gasteiger partial charge in [-0.05, 0) is 26.3 Å². The topological polar surface area (TPSA) is 98.6 Å². The lowest BCUT2D eigenvalue weighted by molar-refractivity contribution is 0.284. The molecule has 31 heavy (non-hydrogen) atoms. The third kappa shape index (κ3) is 4.86. The molecule has 2 unspecified atom stereocenters. The second-order valence-corrected chi connectivity index (χ2v) is 9.61. The quantitative estimate of drug-likeness (QED) is 0.424. The van der Waals surface area contributed by atoms with Crippen molar-refractivity contribution in [2.45, 2.75) is 32.7 Å². The molecule has 1 fully saturated rings. The molecule has 0 amide bonds. The van der Waals surface area contributed by atoms with Crippen LogP contribution in [0.15, 0.2) is 36.1 Å². The van der Waals surface area contributed by atoms with Crippen LogP contribution in [0.4, 0.5) is 5.82 Å². The van der Waals surface area contributed by atoms with E-state index in [1.807, 2.05) is 37.8 Å². The van der Waals surface area contributed by atoms with Gasteiger partial charge in [-0.25, -0.2) is 4.98 Å². The minimum atomic E-state index is 0.441. The third-order valence-electron chi connectivity index (χ3n) is 5.05. The van der Waals surface area contributed by atoms with Crippen LogP contribution < -0.4 is 10.1 Å². The fraction of sp³-hybridized carbons (Fsp3) is 0.333. The van der Waals surface area contributed by atoms with E-state index in [1.54, 1.807) is 22.7 Å². The van der Waals surface area contributed by atoms with Gasteiger partial charge in [0.2, 0.25) is 5.88 Å². The van der Waals surface area contributed by atoms with Crippen molar-refractivity contribution >= 4 is 28.5 Å². The highest BCUT2D eigenvalue weighted by molar-refractivity contribution is 7.13. The molecular formula is C21H21N7OS2. The van der Waals surface area contributed by atoms with Gasteiger partial charge in [0.1, 0.15) is 21.7 Å². The summed E-state index contributed by atoms with van der Waals surface area (Å²) in [4.78, 5) is 18.8. The minimum absolute atomic E-state index is 0.441. The third-order valence-corrected chi connectivity index (χ3v) is 6.71. The largest absolute Gasteiger partial charge is 0.477 e. The van der Waals surface area contributed by atoms with Crippen LogP contribution in [0.2, 0.25) is 0 Å². The average Bonchev–Trinajstić information content (AvgIpc) is 3.12. The molecule has 158 valence electrons. The average molecular weight is 452 g/mol. The fourth-order valence-electron chi connectivity index (χ4n) is 3.40. The standard InChI is InChI=1S/C21H21N7OS2/c1-12-25-19(24-9-21-28-27-13(2)31-21)6-20(26-12)29-10-15-5-16(15)17-4-3-14(7-23-17)18-8-22-11-30-18/h3-4,6-8,11,15-16H,5,9-10H2,1-2H3,(H,24,25,26). The van der Waals surface area contributed by atoms with Crippen molar-refractivity contribution in [3.05, 3.63) is 57.6 Å². The van der Waals surface area contributed by atoms with Crippen LogP contribution >= 0.6 is 22.7 Å². The van der Waals surface area contributed by atoms with Gasteiger partial charge in [0.25, 0.3) is 0 Å². The highest BCUT2D eigenvalue weighted by Gasteiger charge is 2.40. The maximum atomic E-state index is 5.99. The van der Waals surface area contributed by atoms with Crippen molar-refractivity contribution in [3.63, 3.8) is 0 Å². The molecule has 1 saturated carbocycles. The molecule has 8 nitrogen and oxygen atoms in total. The molecule has 1 aliphatic rings. The Kier molecular flexibility index (Phi) is 5.56. The van der Waals surface area contributed by atoms with E-state index in [0.717, 1.165) is 38.4 Å². The number of hydrogen-bond donors (Lipinski definition) is 1. The maximum Gasteiger partial charge on any atom is 0.218 e. The predicted octanol–water partition coefficient (Wildman–Crippen LogP) is 4.26. The maximum absolute atomic E-state index is 5.99. The highest BCUT2D eigenvalue weighted by Crippen LogP contribution is 2.47. The van der Waals surface area contributed by atoms with Gasteiger partial charge in [0, 0.05) is 41.6 Å². The Balaban J connectivity index is 1.16. The first-order chi connectivity index (χ1) is 15.1. The van der Waals surface area contributed by atoms with Crippen LogP contribution in [0.5, 0.6) is 5.88 Å². The van der Waals surface area contributed by atoms with E-state index in [1.165, 1.54) is 0 Å². The van der Waals surface area contributed by atoms with E-state index in [4.69, 9.17) is 4.74 Å². The van der Waals surface area contributed by atoms with Gasteiger partial charge in [0.05, 0.1) is 23.5 Å². The van der Waals surface area contributed by atoms with E-state index in [9.17, 15) is 0 Å². The Morgan fingerprint density at radius 2 is 2.10 bits per heavy atom. The Labute approximate surface area is 187 Å². The number of aromatic nitrogens is 6. The normalized spacial score (nSPS) is 17.5. The Morgan fingerprint density at radius 1 is 1.16 bits per heavy atom. The SMILES string of the molecule is Cc1nc(NCc2nnc(C)s2)cc(OCC2CC2c2ccc(-c3cncs3)cn2)n1. The van der Waals surface area contributed by atoms with Gasteiger partial charge < -0.3 is 10.1 Å². The summed E-state index contributed by atoms with van der Waals surface area (Å²) in [6.45, 7) is 5.00. The Bertz CT molecular complexity index is 1160. The van der Waals surface area contributed by atoms with Gasteiger partial charge in [-0.1, -0.05) is 17.4 Å². The summed E-state index contributed by atoms with van der Waals surface area (Å²) in [7, 11) is 0. The van der Waals surface area contributed by atoms with Crippen LogP contribution in [-0.2, 0) is 6.54 Å². The molecule has 0 saturated heterocycles. The number of anilines is 1. The van der Waals surface area contributed by atoms with Crippen molar-refractivity contribution in [1.82, 2.24) is 30.1 Å². The van der Waals surface area contributed by atoms with Crippen LogP contribution in [0.1, 0.15) is 33.9 Å². The number of nitrogens with zero attached hydrogens (tertiary/aromatic N) is 6. The number of pyridine rings is 1. The number of nitrogens with one attached hydrogen (secondary N) is 1. The second-order valence-electron chi connectivity index (χ2n) is 7.46. The smallest absolute Gasteiger partial charge is 0.218 e. The number of rotatable bonds is 8. The van der Waals surface area contributed by atoms with Crippen molar-refractivity contribution in [3.8, 4) is 16.3 Å². The molecule has 5 rings (SSSR count). The lowest BCUT2D eigenvalue weighted by atomic mass is 10.2. The van der Waals surface area contributed by atoms with Crippen molar-refractivity contribution in [2.75, 3.05) is 11.9 Å². The van der Waals surface area contributed by atoms with E-state index in [0.29, 0.717) is 36.7 Å². The van der Waals surface area contributed by atoms with E-state index >= 15 is 0 Å². The first-order valence-electron chi connectivity index (χ1n) is 10.00. The zero-order valence-electron chi connectivity index (χ0n) is 17.1. The molecule has 0 aliphatic heterocycles. The molecule has 10 heteroatoms. The zero-order chi connectivity index (χ0) is 21.2. The molecule has 0 spiro atoms. The molecule has 4 aromatic heterocycles. The summed E-state index contributed by atoms with van der Waals surface area (Å²) in [5.74, 6) is 2.88. The fourth-order valence-corrected chi connectivity index (χ4v) is 4.66. The molecule has 0 radical (unpaired) electrons. The summed E-state index contributed by atoms with van der Waals surface area (Å²) < 4.78 is 5.99. The first-order valence-corrected chi connectivity index (χ1v) is 11.7. The molecule has 1 aliphatic carbocycles. The van der Waals surface area contributed by atoms with E-state index in [-0.39, 0.29) is 0 Å². The van der Waals surface area contributed by atoms with Gasteiger partial charge in [-0.2, -0.15) is 4.98 Å². The molecule has 2 atom stereocenters. The summed E-state index contributed by atoms with van der Waals surface area (Å²) in [5, 5.41) is 13.3. The number of aryl methyl sites for hydroxylation is 2. The van der Waals surface area contributed by atoms with Gasteiger partial charge >= 0.3 is 0 Å². The molecule has 0 aromatic carbocycles. The number of ether oxygens (including phenoxy) is 1. The Hall–Kier alpha value is -2.98. The van der Waals surface area contributed by atoms with Crippen LogP contribution in [0, 0.1) is 19.8 Å². The van der Waals surface area contributed by atoms with E-state index < -0.39 is 0 Å². The van der Waals surface area contributed by atoms with Gasteiger partial charge in [-0.3, -0.25) is 9.97 Å². The monoisotopic (exact) mass is 451 g/mol. The van der Waals surface area contributed by atoms with Crippen molar-refractivity contribution in [2.24, 2.45) is 5.92 Å². The molecular weight excluding hydrogens is 430 g/mol. The summed E-state index contributed by atoms with van der Waals surface area (Å²) in [6, 6.07) is 6.07. The Morgan fingerprint density at radius 3 is 2.84 bits per heavy atom. The summed E-state index contributed by atoms with van der Waals surface area (Å²) in [6.07, 6.45) is 4.89. The molecule has 4 heterocycles. The number of thiazole rings is 1. The molecule has 0 bridgehead atoms. The highest BCUT2D eigenvalue weighted by atomic mass is 32.1. The summed E-state index contributed by atoms with van der Waals surface area (Å²) in [5.41, 5.74) is 4.07. The minimum Gasteiger partial charge on any atom is -0.477 e. The van der Waals surface area contributed by atoms with Crippen LogP contribution in [0.3, 0.4) is 0 Å². The van der Waals surface area contributed by atoms with Crippen molar-refractivity contribution in [1.29, 1.82) is 0 Å². The van der Waals surface area contributed by atoms with Gasteiger partial charge in [0.15, 0.2) is 0 Å². The zero-order valence-corrected chi connectivity index (χ0v) is 18.8. The molecule has 4 aromatic rings. The van der Waals surface area contributed by atoms with Crippen LogP contribution in [-0.4, -0.2) is 36.7 Å². The van der Waals surface area contributed by atoms with E-state index in [2.05, 4.69) is 47.6 Å². The van der Waals surface area contributed by atoms with Crippen molar-refractivity contribution < 1.29 is 4.74 Å². The lowest BCUT2D eigenvalue weighted by Crippen LogP contribution is -2.07. The summed E-state index contributed by atoms with van der Waals surface area (Å²) >= 11 is 3.19. The first kappa shape index (κ1) is 20.0.